The standard InChI is InChI=1S/C12H12N2/c1-10-8-13-9-12(14-10)7-11-5-3-2-4-6-11/h2-6,8-9H,7H2,1H3. The molecule has 2 rings (SSSR count). The number of aromatic nitrogens is 2. The van der Waals surface area contributed by atoms with Gasteiger partial charge in [-0.2, -0.15) is 0 Å². The topological polar surface area (TPSA) is 25.8 Å². The fourth-order valence-electron chi connectivity index (χ4n) is 1.41. The molecule has 2 heteroatoms. The summed E-state index contributed by atoms with van der Waals surface area (Å²) in [5.74, 6) is 0. The molecule has 0 spiro atoms. The van der Waals surface area contributed by atoms with Crippen LogP contribution in [-0.4, -0.2) is 9.97 Å². The van der Waals surface area contributed by atoms with Crippen molar-refractivity contribution in [3.8, 4) is 0 Å². The molecule has 0 unspecified atom stereocenters. The lowest BCUT2D eigenvalue weighted by Crippen LogP contribution is -1.94. The van der Waals surface area contributed by atoms with Crippen molar-refractivity contribution >= 4 is 0 Å². The van der Waals surface area contributed by atoms with Crippen molar-refractivity contribution in [1.29, 1.82) is 0 Å². The second kappa shape index (κ2) is 4.01. The maximum Gasteiger partial charge on any atom is 0.0633 e. The smallest absolute Gasteiger partial charge is 0.0633 e. The first kappa shape index (κ1) is 8.88. The fourth-order valence-corrected chi connectivity index (χ4v) is 1.41. The molecule has 0 aliphatic heterocycles. The molecule has 1 aromatic carbocycles. The summed E-state index contributed by atoms with van der Waals surface area (Å²) < 4.78 is 0. The highest BCUT2D eigenvalue weighted by Crippen LogP contribution is 2.05. The summed E-state index contributed by atoms with van der Waals surface area (Å²) in [5.41, 5.74) is 3.27. The first-order valence-electron chi connectivity index (χ1n) is 4.66. The second-order valence-electron chi connectivity index (χ2n) is 3.31. The molecule has 0 saturated heterocycles. The van der Waals surface area contributed by atoms with Gasteiger partial charge in [-0.15, -0.1) is 0 Å². The first-order valence-corrected chi connectivity index (χ1v) is 4.66. The minimum atomic E-state index is 0.857. The average molecular weight is 184 g/mol. The summed E-state index contributed by atoms with van der Waals surface area (Å²) in [7, 11) is 0. The molecule has 0 bridgehead atoms. The van der Waals surface area contributed by atoms with Crippen LogP contribution in [0.2, 0.25) is 0 Å². The molecule has 0 radical (unpaired) electrons. The predicted octanol–water partition coefficient (Wildman–Crippen LogP) is 2.38. The Kier molecular flexibility index (Phi) is 2.54. The van der Waals surface area contributed by atoms with Crippen molar-refractivity contribution in [3.63, 3.8) is 0 Å². The monoisotopic (exact) mass is 184 g/mol. The van der Waals surface area contributed by atoms with Gasteiger partial charge in [-0.3, -0.25) is 9.97 Å². The van der Waals surface area contributed by atoms with Gasteiger partial charge in [0.05, 0.1) is 11.4 Å². The van der Waals surface area contributed by atoms with E-state index in [1.54, 1.807) is 6.20 Å². The average Bonchev–Trinajstić information content (AvgIpc) is 2.19. The number of rotatable bonds is 2. The van der Waals surface area contributed by atoms with Gasteiger partial charge in [-0.1, -0.05) is 30.3 Å². The molecule has 0 aliphatic rings. The van der Waals surface area contributed by atoms with Gasteiger partial charge in [0, 0.05) is 18.8 Å². The Morgan fingerprint density at radius 1 is 1.07 bits per heavy atom. The summed E-state index contributed by atoms with van der Waals surface area (Å²) in [5, 5.41) is 0. The van der Waals surface area contributed by atoms with E-state index in [4.69, 9.17) is 0 Å². The van der Waals surface area contributed by atoms with Gasteiger partial charge >= 0.3 is 0 Å². The van der Waals surface area contributed by atoms with Crippen LogP contribution in [0.4, 0.5) is 0 Å². The Balaban J connectivity index is 2.19. The summed E-state index contributed by atoms with van der Waals surface area (Å²) in [4.78, 5) is 8.52. The van der Waals surface area contributed by atoms with Crippen molar-refractivity contribution in [2.24, 2.45) is 0 Å². The quantitative estimate of drug-likeness (QED) is 0.716. The van der Waals surface area contributed by atoms with Gasteiger partial charge in [-0.25, -0.2) is 0 Å². The first-order chi connectivity index (χ1) is 6.84. The molecule has 0 fully saturated rings. The Bertz CT molecular complexity index is 410. The van der Waals surface area contributed by atoms with Crippen LogP contribution in [0, 0.1) is 6.92 Å². The maximum atomic E-state index is 4.41. The highest BCUT2D eigenvalue weighted by Gasteiger charge is 1.97. The third-order valence-corrected chi connectivity index (χ3v) is 2.03. The highest BCUT2D eigenvalue weighted by atomic mass is 14.8. The van der Waals surface area contributed by atoms with Crippen LogP contribution in [0.25, 0.3) is 0 Å². The SMILES string of the molecule is Cc1cncc(Cc2ccccc2)n1. The molecule has 0 aliphatic carbocycles. The molecule has 2 nitrogen and oxygen atoms in total. The summed E-state index contributed by atoms with van der Waals surface area (Å²) >= 11 is 0. The van der Waals surface area contributed by atoms with Gasteiger partial charge in [0.15, 0.2) is 0 Å². The maximum absolute atomic E-state index is 4.41. The summed E-state index contributed by atoms with van der Waals surface area (Å²) in [6.07, 6.45) is 4.45. The molecule has 1 aromatic heterocycles. The second-order valence-corrected chi connectivity index (χ2v) is 3.31. The number of aryl methyl sites for hydroxylation is 1. The van der Waals surface area contributed by atoms with Crippen LogP contribution in [0.15, 0.2) is 42.7 Å². The van der Waals surface area contributed by atoms with Crippen molar-refractivity contribution in [2.45, 2.75) is 13.3 Å². The van der Waals surface area contributed by atoms with Gasteiger partial charge in [0.25, 0.3) is 0 Å². The molecule has 0 amide bonds. The Morgan fingerprint density at radius 3 is 2.57 bits per heavy atom. The van der Waals surface area contributed by atoms with E-state index in [0.717, 1.165) is 17.8 Å². The van der Waals surface area contributed by atoms with E-state index in [1.807, 2.05) is 31.3 Å². The number of benzene rings is 1. The zero-order valence-electron chi connectivity index (χ0n) is 8.14. The van der Waals surface area contributed by atoms with Crippen LogP contribution in [0.1, 0.15) is 17.0 Å². The molecule has 0 N–H and O–H groups in total. The number of nitrogens with zero attached hydrogens (tertiary/aromatic N) is 2. The Labute approximate surface area is 83.7 Å². The van der Waals surface area contributed by atoms with Gasteiger partial charge in [-0.05, 0) is 12.5 Å². The Hall–Kier alpha value is -1.70. The van der Waals surface area contributed by atoms with Gasteiger partial charge < -0.3 is 0 Å². The molecule has 0 atom stereocenters. The van der Waals surface area contributed by atoms with E-state index in [-0.39, 0.29) is 0 Å². The molecule has 1 heterocycles. The van der Waals surface area contributed by atoms with Crippen LogP contribution in [0.5, 0.6) is 0 Å². The van der Waals surface area contributed by atoms with E-state index >= 15 is 0 Å². The molecular weight excluding hydrogens is 172 g/mol. The lowest BCUT2D eigenvalue weighted by molar-refractivity contribution is 0.992. The van der Waals surface area contributed by atoms with E-state index in [1.165, 1.54) is 5.56 Å². The zero-order chi connectivity index (χ0) is 9.80. The third kappa shape index (κ3) is 2.16. The molecule has 70 valence electrons. The fraction of sp³-hybridized carbons (Fsp3) is 0.167. The normalized spacial score (nSPS) is 10.1. The Morgan fingerprint density at radius 2 is 1.86 bits per heavy atom. The van der Waals surface area contributed by atoms with Crippen molar-refractivity contribution in [1.82, 2.24) is 9.97 Å². The van der Waals surface area contributed by atoms with Gasteiger partial charge in [0.2, 0.25) is 0 Å². The van der Waals surface area contributed by atoms with Crippen molar-refractivity contribution in [3.05, 3.63) is 59.7 Å². The molecule has 14 heavy (non-hydrogen) atoms. The van der Waals surface area contributed by atoms with Crippen molar-refractivity contribution in [2.75, 3.05) is 0 Å². The van der Waals surface area contributed by atoms with E-state index in [2.05, 4.69) is 22.1 Å². The number of hydrogen-bond donors (Lipinski definition) is 0. The van der Waals surface area contributed by atoms with Crippen LogP contribution < -0.4 is 0 Å². The predicted molar refractivity (Wildman–Crippen MR) is 56.0 cm³/mol. The lowest BCUT2D eigenvalue weighted by Gasteiger charge is -2.00. The highest BCUT2D eigenvalue weighted by molar-refractivity contribution is 5.20. The minimum Gasteiger partial charge on any atom is -0.261 e. The third-order valence-electron chi connectivity index (χ3n) is 2.03. The van der Waals surface area contributed by atoms with E-state index in [0.29, 0.717) is 0 Å². The lowest BCUT2D eigenvalue weighted by atomic mass is 10.1. The van der Waals surface area contributed by atoms with E-state index in [9.17, 15) is 0 Å². The summed E-state index contributed by atoms with van der Waals surface area (Å²) in [6, 6.07) is 10.3. The molecule has 2 aromatic rings. The van der Waals surface area contributed by atoms with Crippen LogP contribution >= 0.6 is 0 Å². The van der Waals surface area contributed by atoms with E-state index < -0.39 is 0 Å². The van der Waals surface area contributed by atoms with Gasteiger partial charge in [0.1, 0.15) is 0 Å². The molecular formula is C12H12N2. The summed E-state index contributed by atoms with van der Waals surface area (Å²) in [6.45, 7) is 1.96. The van der Waals surface area contributed by atoms with Crippen molar-refractivity contribution < 1.29 is 0 Å². The number of hydrogen-bond acceptors (Lipinski definition) is 2. The van der Waals surface area contributed by atoms with Crippen LogP contribution in [-0.2, 0) is 6.42 Å². The minimum absolute atomic E-state index is 0.857. The zero-order valence-corrected chi connectivity index (χ0v) is 8.14. The molecule has 0 saturated carbocycles. The largest absolute Gasteiger partial charge is 0.261 e. The van der Waals surface area contributed by atoms with Crippen LogP contribution in [0.3, 0.4) is 0 Å².